The summed E-state index contributed by atoms with van der Waals surface area (Å²) in [5, 5.41) is 3.53. The van der Waals surface area contributed by atoms with Crippen LogP contribution in [-0.4, -0.2) is 7.05 Å². The Morgan fingerprint density at radius 2 is 1.95 bits per heavy atom. The van der Waals surface area contributed by atoms with E-state index in [4.69, 9.17) is 5.73 Å². The number of nitrogens with one attached hydrogen (secondary N) is 1. The first-order valence-corrected chi connectivity index (χ1v) is 6.82. The minimum atomic E-state index is 0.0811. The van der Waals surface area contributed by atoms with Crippen LogP contribution in [0.3, 0.4) is 0 Å². The molecule has 3 heteroatoms. The quantitative estimate of drug-likeness (QED) is 0.810. The fourth-order valence-corrected chi connectivity index (χ4v) is 2.74. The average molecular weight is 265 g/mol. The van der Waals surface area contributed by atoms with Crippen LogP contribution in [0.1, 0.15) is 24.2 Å². The van der Waals surface area contributed by atoms with Crippen molar-refractivity contribution in [1.29, 1.82) is 0 Å². The van der Waals surface area contributed by atoms with Crippen molar-refractivity contribution in [3.05, 3.63) is 59.7 Å². The van der Waals surface area contributed by atoms with E-state index >= 15 is 0 Å². The van der Waals surface area contributed by atoms with Gasteiger partial charge < -0.3 is 16.0 Å². The number of hydrogen-bond donors (Lipinski definition) is 2. The lowest BCUT2D eigenvalue weighted by molar-refractivity contribution is 0.794. The standard InChI is InChI=1S/C17H19N3/c1-3-7-12-8-6-9-13(16(12)18)17-19-14-10-4-5-11-15(14)20(17)2/h3-11,17,19H,18H2,1-2H3/b7-3-. The lowest BCUT2D eigenvalue weighted by atomic mass is 10.0. The number of fused-ring (bicyclic) bond motifs is 1. The first kappa shape index (κ1) is 12.6. The van der Waals surface area contributed by atoms with Gasteiger partial charge in [-0.1, -0.05) is 42.5 Å². The molecule has 0 radical (unpaired) electrons. The Labute approximate surface area is 119 Å². The molecule has 0 spiro atoms. The minimum Gasteiger partial charge on any atom is -0.398 e. The summed E-state index contributed by atoms with van der Waals surface area (Å²) in [6.45, 7) is 2.00. The minimum absolute atomic E-state index is 0.0811. The Kier molecular flexibility index (Phi) is 3.11. The molecule has 0 aliphatic carbocycles. The van der Waals surface area contributed by atoms with Gasteiger partial charge in [-0.05, 0) is 24.6 Å². The van der Waals surface area contributed by atoms with E-state index in [2.05, 4.69) is 47.6 Å². The monoisotopic (exact) mass is 265 g/mol. The van der Waals surface area contributed by atoms with Crippen molar-refractivity contribution < 1.29 is 0 Å². The SMILES string of the molecule is C/C=C\c1cccc(C2Nc3ccccc3N2C)c1N. The summed E-state index contributed by atoms with van der Waals surface area (Å²) in [6.07, 6.45) is 4.13. The van der Waals surface area contributed by atoms with Gasteiger partial charge in [0.15, 0.2) is 0 Å². The molecule has 0 aromatic heterocycles. The van der Waals surface area contributed by atoms with Crippen LogP contribution >= 0.6 is 0 Å². The van der Waals surface area contributed by atoms with Gasteiger partial charge in [0, 0.05) is 18.3 Å². The molecule has 0 saturated carbocycles. The number of nitrogens with zero attached hydrogens (tertiary/aromatic N) is 1. The van der Waals surface area contributed by atoms with E-state index in [0.717, 1.165) is 22.5 Å². The van der Waals surface area contributed by atoms with Gasteiger partial charge in [-0.2, -0.15) is 0 Å². The molecule has 1 atom stereocenters. The Morgan fingerprint density at radius 3 is 2.70 bits per heavy atom. The summed E-state index contributed by atoms with van der Waals surface area (Å²) < 4.78 is 0. The van der Waals surface area contributed by atoms with E-state index in [0.29, 0.717) is 0 Å². The molecule has 3 rings (SSSR count). The lowest BCUT2D eigenvalue weighted by Gasteiger charge is -2.24. The second kappa shape index (κ2) is 4.93. The summed E-state index contributed by atoms with van der Waals surface area (Å²) >= 11 is 0. The van der Waals surface area contributed by atoms with Crippen LogP contribution in [0.2, 0.25) is 0 Å². The maximum absolute atomic E-state index is 6.33. The zero-order valence-electron chi connectivity index (χ0n) is 11.8. The van der Waals surface area contributed by atoms with Crippen molar-refractivity contribution in [2.45, 2.75) is 13.1 Å². The highest BCUT2D eigenvalue weighted by Crippen LogP contribution is 2.41. The molecule has 0 amide bonds. The van der Waals surface area contributed by atoms with E-state index in [1.807, 2.05) is 31.2 Å². The number of hydrogen-bond acceptors (Lipinski definition) is 3. The Hall–Kier alpha value is -2.42. The molecule has 3 nitrogen and oxygen atoms in total. The third kappa shape index (κ3) is 1.92. The van der Waals surface area contributed by atoms with Gasteiger partial charge in [0.05, 0.1) is 11.4 Å². The molecule has 1 unspecified atom stereocenters. The summed E-state index contributed by atoms with van der Waals surface area (Å²) in [7, 11) is 2.09. The number of nitrogen functional groups attached to an aromatic ring is 1. The number of anilines is 3. The van der Waals surface area contributed by atoms with Gasteiger partial charge >= 0.3 is 0 Å². The van der Waals surface area contributed by atoms with Gasteiger partial charge in [-0.25, -0.2) is 0 Å². The van der Waals surface area contributed by atoms with E-state index in [1.165, 1.54) is 5.69 Å². The van der Waals surface area contributed by atoms with Gasteiger partial charge in [0.25, 0.3) is 0 Å². The molecule has 2 aromatic rings. The van der Waals surface area contributed by atoms with E-state index in [-0.39, 0.29) is 6.17 Å². The molecule has 0 bridgehead atoms. The number of rotatable bonds is 2. The molecule has 102 valence electrons. The molecule has 1 aliphatic heterocycles. The van der Waals surface area contributed by atoms with Crippen molar-refractivity contribution in [2.24, 2.45) is 0 Å². The third-order valence-electron chi connectivity index (χ3n) is 3.78. The fourth-order valence-electron chi connectivity index (χ4n) is 2.74. The van der Waals surface area contributed by atoms with Crippen LogP contribution < -0.4 is 16.0 Å². The van der Waals surface area contributed by atoms with Gasteiger partial charge in [0.2, 0.25) is 0 Å². The van der Waals surface area contributed by atoms with Crippen molar-refractivity contribution in [3.63, 3.8) is 0 Å². The first-order chi connectivity index (χ1) is 9.72. The highest BCUT2D eigenvalue weighted by Gasteiger charge is 2.28. The molecule has 2 aromatic carbocycles. The van der Waals surface area contributed by atoms with Crippen molar-refractivity contribution in [1.82, 2.24) is 0 Å². The number of nitrogens with two attached hydrogens (primary N) is 1. The zero-order chi connectivity index (χ0) is 14.1. The van der Waals surface area contributed by atoms with Crippen LogP contribution in [0.25, 0.3) is 6.08 Å². The Balaban J connectivity index is 2.02. The molecular weight excluding hydrogens is 246 g/mol. The highest BCUT2D eigenvalue weighted by atomic mass is 15.3. The zero-order valence-corrected chi connectivity index (χ0v) is 11.8. The molecule has 0 fully saturated rings. The Morgan fingerprint density at radius 1 is 1.15 bits per heavy atom. The van der Waals surface area contributed by atoms with Crippen LogP contribution in [0, 0.1) is 0 Å². The normalized spacial score (nSPS) is 17.3. The van der Waals surface area contributed by atoms with Crippen LogP contribution in [0.15, 0.2) is 48.5 Å². The first-order valence-electron chi connectivity index (χ1n) is 6.82. The molecule has 20 heavy (non-hydrogen) atoms. The topological polar surface area (TPSA) is 41.3 Å². The van der Waals surface area contributed by atoms with Crippen molar-refractivity contribution in [3.8, 4) is 0 Å². The Bertz CT molecular complexity index is 661. The van der Waals surface area contributed by atoms with Crippen molar-refractivity contribution >= 4 is 23.1 Å². The largest absolute Gasteiger partial charge is 0.398 e. The lowest BCUT2D eigenvalue weighted by Crippen LogP contribution is -2.24. The highest BCUT2D eigenvalue weighted by molar-refractivity contribution is 5.78. The van der Waals surface area contributed by atoms with Gasteiger partial charge in [-0.15, -0.1) is 0 Å². The maximum atomic E-state index is 6.33. The molecular formula is C17H19N3. The molecule has 3 N–H and O–H groups in total. The maximum Gasteiger partial charge on any atom is 0.127 e. The summed E-state index contributed by atoms with van der Waals surface area (Å²) in [4.78, 5) is 2.22. The summed E-state index contributed by atoms with van der Waals surface area (Å²) in [5.74, 6) is 0. The number of para-hydroxylation sites is 3. The second-order valence-corrected chi connectivity index (χ2v) is 5.03. The van der Waals surface area contributed by atoms with Crippen molar-refractivity contribution in [2.75, 3.05) is 23.0 Å². The van der Waals surface area contributed by atoms with Gasteiger partial charge in [0.1, 0.15) is 6.17 Å². The molecule has 1 aliphatic rings. The fraction of sp³-hybridized carbons (Fsp3) is 0.176. The van der Waals surface area contributed by atoms with Gasteiger partial charge in [-0.3, -0.25) is 0 Å². The predicted molar refractivity (Wildman–Crippen MR) is 86.8 cm³/mol. The molecule has 0 saturated heterocycles. The number of benzene rings is 2. The van der Waals surface area contributed by atoms with E-state index in [1.54, 1.807) is 0 Å². The third-order valence-corrected chi connectivity index (χ3v) is 3.78. The summed E-state index contributed by atoms with van der Waals surface area (Å²) in [6, 6.07) is 14.5. The predicted octanol–water partition coefficient (Wildman–Crippen LogP) is 3.86. The smallest absolute Gasteiger partial charge is 0.127 e. The summed E-state index contributed by atoms with van der Waals surface area (Å²) in [5.41, 5.74) is 11.7. The average Bonchev–Trinajstić information content (AvgIpc) is 2.79. The van der Waals surface area contributed by atoms with Crippen LogP contribution in [0.4, 0.5) is 17.1 Å². The van der Waals surface area contributed by atoms with Crippen LogP contribution in [0.5, 0.6) is 0 Å². The van der Waals surface area contributed by atoms with E-state index in [9.17, 15) is 0 Å². The number of allylic oxidation sites excluding steroid dienone is 1. The van der Waals surface area contributed by atoms with E-state index < -0.39 is 0 Å². The van der Waals surface area contributed by atoms with Crippen LogP contribution in [-0.2, 0) is 0 Å². The second-order valence-electron chi connectivity index (χ2n) is 5.03. The molecule has 1 heterocycles.